The highest BCUT2D eigenvalue weighted by Crippen LogP contribution is 2.29. The van der Waals surface area contributed by atoms with Gasteiger partial charge < -0.3 is 14.1 Å². The molecule has 1 saturated heterocycles. The van der Waals surface area contributed by atoms with Gasteiger partial charge in [-0.05, 0) is 55.5 Å². The van der Waals surface area contributed by atoms with Gasteiger partial charge in [0.2, 0.25) is 0 Å². The fourth-order valence-corrected chi connectivity index (χ4v) is 5.40. The number of aryl methyl sites for hydroxylation is 1. The molecule has 0 N–H and O–H groups in total. The first-order valence-electron chi connectivity index (χ1n) is 9.97. The summed E-state index contributed by atoms with van der Waals surface area (Å²) in [6, 6.07) is 9.16. The highest BCUT2D eigenvalue weighted by molar-refractivity contribution is 7.91. The van der Waals surface area contributed by atoms with Crippen LogP contribution in [0.25, 0.3) is 0 Å². The SMILES string of the molecule is Cc1ccc(C(C)C)c(OC(C)C(=O)N(Cc2ccco2)C2CCS(=O)(=O)C2)c1. The third-order valence-corrected chi connectivity index (χ3v) is 7.03. The van der Waals surface area contributed by atoms with Crippen LogP contribution in [-0.4, -0.2) is 42.9 Å². The highest BCUT2D eigenvalue weighted by atomic mass is 32.2. The average Bonchev–Trinajstić information content (AvgIpc) is 3.28. The molecule has 2 heterocycles. The number of carbonyl (C=O) groups is 1. The van der Waals surface area contributed by atoms with Crippen molar-refractivity contribution in [3.8, 4) is 5.75 Å². The number of hydrogen-bond acceptors (Lipinski definition) is 5. The summed E-state index contributed by atoms with van der Waals surface area (Å²) in [4.78, 5) is 14.9. The number of rotatable bonds is 7. The van der Waals surface area contributed by atoms with E-state index in [9.17, 15) is 13.2 Å². The number of nitrogens with zero attached hydrogens (tertiary/aromatic N) is 1. The Bertz CT molecular complexity index is 950. The van der Waals surface area contributed by atoms with Gasteiger partial charge in [0.05, 0.1) is 24.3 Å². The second-order valence-electron chi connectivity index (χ2n) is 8.06. The average molecular weight is 420 g/mol. The summed E-state index contributed by atoms with van der Waals surface area (Å²) in [5.41, 5.74) is 2.09. The number of furan rings is 1. The van der Waals surface area contributed by atoms with Crippen LogP contribution < -0.4 is 4.74 Å². The maximum absolute atomic E-state index is 13.3. The Morgan fingerprint density at radius 3 is 2.62 bits per heavy atom. The van der Waals surface area contributed by atoms with Crippen molar-refractivity contribution in [1.29, 1.82) is 0 Å². The number of benzene rings is 1. The minimum Gasteiger partial charge on any atom is -0.481 e. The minimum absolute atomic E-state index is 0.0200. The third kappa shape index (κ3) is 5.21. The van der Waals surface area contributed by atoms with E-state index in [-0.39, 0.29) is 35.9 Å². The van der Waals surface area contributed by atoms with Gasteiger partial charge in [-0.25, -0.2) is 8.42 Å². The normalized spacial score (nSPS) is 19.3. The van der Waals surface area contributed by atoms with Crippen molar-refractivity contribution in [2.45, 2.75) is 58.7 Å². The second-order valence-corrected chi connectivity index (χ2v) is 10.3. The Balaban J connectivity index is 1.82. The van der Waals surface area contributed by atoms with Crippen molar-refractivity contribution in [1.82, 2.24) is 4.90 Å². The lowest BCUT2D eigenvalue weighted by Gasteiger charge is -2.30. The smallest absolute Gasteiger partial charge is 0.264 e. The van der Waals surface area contributed by atoms with Crippen molar-refractivity contribution in [3.05, 3.63) is 53.5 Å². The first kappa shape index (κ1) is 21.4. The molecule has 1 aromatic heterocycles. The molecule has 1 aliphatic heterocycles. The fraction of sp³-hybridized carbons (Fsp3) is 0.500. The Kier molecular flexibility index (Phi) is 6.36. The van der Waals surface area contributed by atoms with Gasteiger partial charge in [-0.1, -0.05) is 26.0 Å². The number of amides is 1. The molecular weight excluding hydrogens is 390 g/mol. The molecule has 29 heavy (non-hydrogen) atoms. The molecule has 1 fully saturated rings. The van der Waals surface area contributed by atoms with Crippen LogP contribution in [-0.2, 0) is 21.2 Å². The van der Waals surface area contributed by atoms with Gasteiger partial charge in [-0.3, -0.25) is 4.79 Å². The van der Waals surface area contributed by atoms with E-state index in [1.807, 2.05) is 25.1 Å². The van der Waals surface area contributed by atoms with Crippen molar-refractivity contribution >= 4 is 15.7 Å². The molecule has 2 atom stereocenters. The predicted octanol–water partition coefficient (Wildman–Crippen LogP) is 3.69. The van der Waals surface area contributed by atoms with Crippen LogP contribution in [0.1, 0.15) is 50.0 Å². The molecule has 0 spiro atoms. The van der Waals surface area contributed by atoms with Crippen LogP contribution in [0.5, 0.6) is 5.75 Å². The molecule has 1 aliphatic rings. The number of hydrogen-bond donors (Lipinski definition) is 0. The molecule has 3 rings (SSSR count). The van der Waals surface area contributed by atoms with Gasteiger partial charge >= 0.3 is 0 Å². The number of ether oxygens (including phenoxy) is 1. The molecule has 6 nitrogen and oxygen atoms in total. The molecule has 0 saturated carbocycles. The Morgan fingerprint density at radius 1 is 1.28 bits per heavy atom. The summed E-state index contributed by atoms with van der Waals surface area (Å²) in [5.74, 6) is 1.41. The zero-order valence-corrected chi connectivity index (χ0v) is 18.2. The van der Waals surface area contributed by atoms with Crippen LogP contribution in [0.4, 0.5) is 0 Å². The van der Waals surface area contributed by atoms with Crippen molar-refractivity contribution in [3.63, 3.8) is 0 Å². The van der Waals surface area contributed by atoms with E-state index in [2.05, 4.69) is 13.8 Å². The summed E-state index contributed by atoms with van der Waals surface area (Å²) in [6.45, 7) is 8.08. The fourth-order valence-electron chi connectivity index (χ4n) is 3.67. The van der Waals surface area contributed by atoms with E-state index >= 15 is 0 Å². The highest BCUT2D eigenvalue weighted by Gasteiger charge is 2.37. The van der Waals surface area contributed by atoms with Crippen LogP contribution >= 0.6 is 0 Å². The summed E-state index contributed by atoms with van der Waals surface area (Å²) < 4.78 is 35.5. The Hall–Kier alpha value is -2.28. The van der Waals surface area contributed by atoms with Gasteiger partial charge in [0.25, 0.3) is 5.91 Å². The molecule has 1 aromatic carbocycles. The van der Waals surface area contributed by atoms with E-state index in [4.69, 9.17) is 9.15 Å². The molecule has 2 aromatic rings. The first-order chi connectivity index (χ1) is 13.7. The minimum atomic E-state index is -3.13. The van der Waals surface area contributed by atoms with Gasteiger partial charge in [-0.15, -0.1) is 0 Å². The quantitative estimate of drug-likeness (QED) is 0.684. The van der Waals surface area contributed by atoms with Crippen LogP contribution in [0.2, 0.25) is 0 Å². The molecular formula is C22H29NO5S. The molecule has 1 amide bonds. The largest absolute Gasteiger partial charge is 0.481 e. The van der Waals surface area contributed by atoms with Crippen LogP contribution in [0, 0.1) is 6.92 Å². The predicted molar refractivity (Wildman–Crippen MR) is 112 cm³/mol. The van der Waals surface area contributed by atoms with Gasteiger partial charge in [-0.2, -0.15) is 0 Å². The third-order valence-electron chi connectivity index (χ3n) is 5.28. The molecule has 0 aliphatic carbocycles. The lowest BCUT2D eigenvalue weighted by Crippen LogP contribution is -2.46. The van der Waals surface area contributed by atoms with Crippen molar-refractivity contribution in [2.75, 3.05) is 11.5 Å². The lowest BCUT2D eigenvalue weighted by molar-refractivity contribution is -0.141. The summed E-state index contributed by atoms with van der Waals surface area (Å²) >= 11 is 0. The molecule has 7 heteroatoms. The number of carbonyl (C=O) groups excluding carboxylic acids is 1. The van der Waals surface area contributed by atoms with Crippen LogP contribution in [0.15, 0.2) is 41.0 Å². The van der Waals surface area contributed by atoms with E-state index in [1.54, 1.807) is 30.2 Å². The van der Waals surface area contributed by atoms with Gasteiger partial charge in [0, 0.05) is 6.04 Å². The van der Waals surface area contributed by atoms with E-state index in [1.165, 1.54) is 0 Å². The Labute approximate surface area is 172 Å². The zero-order valence-electron chi connectivity index (χ0n) is 17.4. The molecule has 158 valence electrons. The number of sulfone groups is 1. The van der Waals surface area contributed by atoms with Crippen LogP contribution in [0.3, 0.4) is 0 Å². The molecule has 0 bridgehead atoms. The monoisotopic (exact) mass is 419 g/mol. The Morgan fingerprint density at radius 2 is 2.03 bits per heavy atom. The molecule has 2 unspecified atom stereocenters. The zero-order chi connectivity index (χ0) is 21.2. The summed E-state index contributed by atoms with van der Waals surface area (Å²) in [5, 5.41) is 0. The second kappa shape index (κ2) is 8.61. The van der Waals surface area contributed by atoms with Gasteiger partial charge in [0.1, 0.15) is 11.5 Å². The maximum atomic E-state index is 13.3. The van der Waals surface area contributed by atoms with E-state index in [0.717, 1.165) is 11.1 Å². The molecule has 0 radical (unpaired) electrons. The standard InChI is InChI=1S/C22H29NO5S/c1-15(2)20-8-7-16(3)12-21(20)28-17(4)22(24)23(13-19-6-5-10-27-19)18-9-11-29(25,26)14-18/h5-8,10,12,15,17-18H,9,11,13-14H2,1-4H3. The maximum Gasteiger partial charge on any atom is 0.264 e. The summed E-state index contributed by atoms with van der Waals surface area (Å²) in [6.07, 6.45) is 1.24. The van der Waals surface area contributed by atoms with E-state index < -0.39 is 15.9 Å². The van der Waals surface area contributed by atoms with Crippen molar-refractivity contribution in [2.24, 2.45) is 0 Å². The first-order valence-corrected chi connectivity index (χ1v) is 11.8. The van der Waals surface area contributed by atoms with Crippen molar-refractivity contribution < 1.29 is 22.4 Å². The topological polar surface area (TPSA) is 76.8 Å². The van der Waals surface area contributed by atoms with Gasteiger partial charge in [0.15, 0.2) is 15.9 Å². The summed E-state index contributed by atoms with van der Waals surface area (Å²) in [7, 11) is -3.13. The van der Waals surface area contributed by atoms with E-state index in [0.29, 0.717) is 17.9 Å². The lowest BCUT2D eigenvalue weighted by atomic mass is 10.0.